The van der Waals surface area contributed by atoms with Gasteiger partial charge < -0.3 is 4.90 Å². The van der Waals surface area contributed by atoms with Crippen molar-refractivity contribution in [3.63, 3.8) is 0 Å². The Hall–Kier alpha value is -0.620. The van der Waals surface area contributed by atoms with E-state index >= 15 is 0 Å². The molecule has 6 heteroatoms. The van der Waals surface area contributed by atoms with Gasteiger partial charge in [0.25, 0.3) is 0 Å². The van der Waals surface area contributed by atoms with E-state index in [1.807, 2.05) is 0 Å². The van der Waals surface area contributed by atoms with Crippen molar-refractivity contribution in [3.8, 4) is 0 Å². The molecule has 0 saturated carbocycles. The second-order valence-corrected chi connectivity index (χ2v) is 7.94. The Kier molecular flexibility index (Phi) is 3.79. The number of nitrogens with zero attached hydrogens (tertiary/aromatic N) is 1. The minimum absolute atomic E-state index is 0.0457. The van der Waals surface area contributed by atoms with Gasteiger partial charge in [0.1, 0.15) is 0 Å². The van der Waals surface area contributed by atoms with E-state index in [1.165, 1.54) is 12.8 Å². The number of halogens is 1. The summed E-state index contributed by atoms with van der Waals surface area (Å²) in [5.74, 6) is 0. The maximum atomic E-state index is 12.4. The highest BCUT2D eigenvalue weighted by Crippen LogP contribution is 2.34. The summed E-state index contributed by atoms with van der Waals surface area (Å²) in [5, 5.41) is 0.543. The zero-order valence-electron chi connectivity index (χ0n) is 11.4. The molecular weight excluding hydrogens is 296 g/mol. The Balaban J connectivity index is 1.73. The van der Waals surface area contributed by atoms with Crippen LogP contribution in [0.25, 0.3) is 0 Å². The van der Waals surface area contributed by atoms with Gasteiger partial charge in [-0.15, -0.1) is 0 Å². The van der Waals surface area contributed by atoms with Crippen molar-refractivity contribution < 1.29 is 8.42 Å². The first-order valence-corrected chi connectivity index (χ1v) is 8.81. The quantitative estimate of drug-likeness (QED) is 0.931. The average molecular weight is 315 g/mol. The topological polar surface area (TPSA) is 49.4 Å². The third-order valence-corrected chi connectivity index (χ3v) is 6.33. The molecule has 2 bridgehead atoms. The Labute approximate surface area is 125 Å². The molecule has 2 unspecified atom stereocenters. The molecule has 2 heterocycles. The van der Waals surface area contributed by atoms with Crippen LogP contribution in [-0.2, 0) is 10.0 Å². The summed E-state index contributed by atoms with van der Waals surface area (Å²) >= 11 is 5.80. The highest BCUT2D eigenvalue weighted by atomic mass is 35.5. The highest BCUT2D eigenvalue weighted by molar-refractivity contribution is 7.89. The van der Waals surface area contributed by atoms with Gasteiger partial charge in [0.15, 0.2) is 0 Å². The molecule has 110 valence electrons. The summed E-state index contributed by atoms with van der Waals surface area (Å²) in [7, 11) is -1.30. The van der Waals surface area contributed by atoms with Crippen LogP contribution in [0.2, 0.25) is 5.02 Å². The molecule has 2 atom stereocenters. The molecule has 0 amide bonds. The van der Waals surface area contributed by atoms with E-state index in [4.69, 9.17) is 11.6 Å². The van der Waals surface area contributed by atoms with E-state index in [2.05, 4.69) is 16.7 Å². The summed E-state index contributed by atoms with van der Waals surface area (Å²) in [4.78, 5) is 2.68. The van der Waals surface area contributed by atoms with Crippen molar-refractivity contribution in [1.82, 2.24) is 9.62 Å². The number of hydrogen-bond donors (Lipinski definition) is 1. The maximum absolute atomic E-state index is 12.4. The Morgan fingerprint density at radius 1 is 1.15 bits per heavy atom. The molecule has 1 aromatic rings. The summed E-state index contributed by atoms with van der Waals surface area (Å²) in [6.07, 6.45) is 4.17. The molecule has 0 aromatic heterocycles. The van der Waals surface area contributed by atoms with E-state index in [1.54, 1.807) is 24.3 Å². The lowest BCUT2D eigenvalue weighted by Crippen LogP contribution is -2.48. The number of piperidine rings is 1. The van der Waals surface area contributed by atoms with Gasteiger partial charge in [-0.3, -0.25) is 0 Å². The van der Waals surface area contributed by atoms with Gasteiger partial charge in [0, 0.05) is 23.1 Å². The zero-order chi connectivity index (χ0) is 14.3. The first kappa shape index (κ1) is 14.3. The molecule has 1 aromatic carbocycles. The van der Waals surface area contributed by atoms with E-state index in [0.717, 1.165) is 12.8 Å². The van der Waals surface area contributed by atoms with Crippen LogP contribution in [0.3, 0.4) is 0 Å². The molecule has 1 N–H and O–H groups in total. The molecular formula is C14H19ClN2O2S. The minimum atomic E-state index is -3.44. The lowest BCUT2D eigenvalue weighted by molar-refractivity contribution is 0.157. The zero-order valence-corrected chi connectivity index (χ0v) is 13.0. The standard InChI is InChI=1S/C14H19ClN2O2S/c1-17-12-4-5-13(17)9-11(8-12)16-20(18,19)14-6-2-10(15)3-7-14/h2-3,6-7,11-13,16H,4-5,8-9H2,1H3. The fourth-order valence-electron chi connectivity index (χ4n) is 3.41. The van der Waals surface area contributed by atoms with Gasteiger partial charge in [-0.2, -0.15) is 0 Å². The van der Waals surface area contributed by atoms with Crippen LogP contribution in [-0.4, -0.2) is 38.5 Å². The van der Waals surface area contributed by atoms with Gasteiger partial charge in [0.2, 0.25) is 10.0 Å². The molecule has 0 aliphatic carbocycles. The smallest absolute Gasteiger partial charge is 0.240 e. The number of benzene rings is 1. The summed E-state index contributed by atoms with van der Waals surface area (Å²) < 4.78 is 27.6. The van der Waals surface area contributed by atoms with Crippen LogP contribution >= 0.6 is 11.6 Å². The molecule has 4 nitrogen and oxygen atoms in total. The number of sulfonamides is 1. The van der Waals surface area contributed by atoms with Crippen molar-refractivity contribution >= 4 is 21.6 Å². The fourth-order valence-corrected chi connectivity index (χ4v) is 4.80. The van der Waals surface area contributed by atoms with E-state index in [-0.39, 0.29) is 10.9 Å². The van der Waals surface area contributed by atoms with E-state index in [9.17, 15) is 8.42 Å². The maximum Gasteiger partial charge on any atom is 0.240 e. The SMILES string of the molecule is CN1C2CCC1CC(NS(=O)(=O)c1ccc(Cl)cc1)C2. The highest BCUT2D eigenvalue weighted by Gasteiger charge is 2.39. The lowest BCUT2D eigenvalue weighted by Gasteiger charge is -2.36. The molecule has 20 heavy (non-hydrogen) atoms. The first-order chi connectivity index (χ1) is 9.45. The largest absolute Gasteiger partial charge is 0.300 e. The summed E-state index contributed by atoms with van der Waals surface area (Å²) in [6.45, 7) is 0. The molecule has 2 saturated heterocycles. The predicted octanol–water partition coefficient (Wildman–Crippen LogP) is 2.24. The molecule has 2 fully saturated rings. The Bertz CT molecular complexity index is 574. The van der Waals surface area contributed by atoms with Crippen molar-refractivity contribution in [2.75, 3.05) is 7.05 Å². The van der Waals surface area contributed by atoms with Crippen molar-refractivity contribution in [1.29, 1.82) is 0 Å². The number of nitrogens with one attached hydrogen (secondary N) is 1. The third-order valence-electron chi connectivity index (χ3n) is 4.54. The molecule has 0 spiro atoms. The number of rotatable bonds is 3. The van der Waals surface area contributed by atoms with Crippen LogP contribution in [0.15, 0.2) is 29.2 Å². The van der Waals surface area contributed by atoms with Crippen LogP contribution in [0.1, 0.15) is 25.7 Å². The third kappa shape index (κ3) is 2.72. The Morgan fingerprint density at radius 2 is 1.70 bits per heavy atom. The molecule has 2 aliphatic rings. The van der Waals surface area contributed by atoms with Crippen LogP contribution < -0.4 is 4.72 Å². The minimum Gasteiger partial charge on any atom is -0.300 e. The van der Waals surface area contributed by atoms with Crippen molar-refractivity contribution in [2.24, 2.45) is 0 Å². The van der Waals surface area contributed by atoms with E-state index < -0.39 is 10.0 Å². The second-order valence-electron chi connectivity index (χ2n) is 5.79. The summed E-state index contributed by atoms with van der Waals surface area (Å²) in [5.41, 5.74) is 0. The predicted molar refractivity (Wildman–Crippen MR) is 79.4 cm³/mol. The summed E-state index contributed by atoms with van der Waals surface area (Å²) in [6, 6.07) is 7.40. The van der Waals surface area contributed by atoms with Crippen molar-refractivity contribution in [2.45, 2.75) is 48.7 Å². The van der Waals surface area contributed by atoms with Crippen LogP contribution in [0, 0.1) is 0 Å². The van der Waals surface area contributed by atoms with Crippen LogP contribution in [0.5, 0.6) is 0 Å². The van der Waals surface area contributed by atoms with Gasteiger partial charge in [-0.25, -0.2) is 13.1 Å². The fraction of sp³-hybridized carbons (Fsp3) is 0.571. The van der Waals surface area contributed by atoms with Gasteiger partial charge >= 0.3 is 0 Å². The van der Waals surface area contributed by atoms with E-state index in [0.29, 0.717) is 17.1 Å². The molecule has 0 radical (unpaired) electrons. The number of hydrogen-bond acceptors (Lipinski definition) is 3. The average Bonchev–Trinajstić information content (AvgIpc) is 2.62. The van der Waals surface area contributed by atoms with Gasteiger partial charge in [-0.1, -0.05) is 11.6 Å². The Morgan fingerprint density at radius 3 is 2.25 bits per heavy atom. The van der Waals surface area contributed by atoms with Gasteiger partial charge in [0.05, 0.1) is 4.90 Å². The molecule has 2 aliphatic heterocycles. The molecule has 3 rings (SSSR count). The van der Waals surface area contributed by atoms with Crippen LogP contribution in [0.4, 0.5) is 0 Å². The second kappa shape index (κ2) is 5.30. The monoisotopic (exact) mass is 314 g/mol. The van der Waals surface area contributed by atoms with Crippen molar-refractivity contribution in [3.05, 3.63) is 29.3 Å². The first-order valence-electron chi connectivity index (χ1n) is 6.95. The van der Waals surface area contributed by atoms with Gasteiger partial charge in [-0.05, 0) is 57.0 Å². The lowest BCUT2D eigenvalue weighted by atomic mass is 9.99. The normalized spacial score (nSPS) is 30.6. The number of fused-ring (bicyclic) bond motifs is 2.